The number of hydrogen-bond acceptors (Lipinski definition) is 5. The lowest BCUT2D eigenvalue weighted by atomic mass is 10.2. The van der Waals surface area contributed by atoms with Crippen molar-refractivity contribution in [3.63, 3.8) is 0 Å². The lowest BCUT2D eigenvalue weighted by Gasteiger charge is -2.25. The van der Waals surface area contributed by atoms with Crippen LogP contribution in [0.25, 0.3) is 0 Å². The van der Waals surface area contributed by atoms with Crippen molar-refractivity contribution in [2.45, 2.75) is 19.7 Å². The third-order valence-electron chi connectivity index (χ3n) is 4.14. The van der Waals surface area contributed by atoms with Crippen molar-refractivity contribution in [3.05, 3.63) is 77.5 Å². The number of ether oxygens (including phenoxy) is 1. The van der Waals surface area contributed by atoms with E-state index >= 15 is 0 Å². The van der Waals surface area contributed by atoms with Crippen LogP contribution < -0.4 is 9.64 Å². The van der Waals surface area contributed by atoms with E-state index in [0.717, 1.165) is 11.8 Å². The Morgan fingerprint density at radius 1 is 1.07 bits per heavy atom. The largest absolute Gasteiger partial charge is 0.459 e. The molecule has 0 amide bonds. The summed E-state index contributed by atoms with van der Waals surface area (Å²) in [5.41, 5.74) is 0.771. The Morgan fingerprint density at radius 3 is 2.34 bits per heavy atom. The van der Waals surface area contributed by atoms with Crippen LogP contribution in [0, 0.1) is 11.3 Å². The molecule has 5 nitrogen and oxygen atoms in total. The maximum Gasteiger partial charge on any atom is 0.421 e. The molecule has 0 aliphatic heterocycles. The summed E-state index contributed by atoms with van der Waals surface area (Å²) >= 11 is 0. The van der Waals surface area contributed by atoms with Gasteiger partial charge >= 0.3 is 12.2 Å². The van der Waals surface area contributed by atoms with Crippen LogP contribution in [0.5, 0.6) is 6.01 Å². The average molecular weight is 398 g/mol. The van der Waals surface area contributed by atoms with Gasteiger partial charge in [-0.05, 0) is 36.8 Å². The minimum absolute atomic E-state index is 0.134. The number of alkyl halides is 3. The molecule has 29 heavy (non-hydrogen) atoms. The van der Waals surface area contributed by atoms with Gasteiger partial charge in [0.15, 0.2) is 5.82 Å². The molecular formula is C21H17F3N4O. The number of benzene rings is 2. The summed E-state index contributed by atoms with van der Waals surface area (Å²) in [4.78, 5) is 9.19. The fourth-order valence-electron chi connectivity index (χ4n) is 2.73. The van der Waals surface area contributed by atoms with Crippen LogP contribution >= 0.6 is 0 Å². The molecule has 0 bridgehead atoms. The van der Waals surface area contributed by atoms with Crippen molar-refractivity contribution in [2.24, 2.45) is 0 Å². The Hall–Kier alpha value is -3.60. The van der Waals surface area contributed by atoms with Crippen molar-refractivity contribution in [1.29, 1.82) is 5.26 Å². The van der Waals surface area contributed by atoms with Crippen LogP contribution in [0.2, 0.25) is 0 Å². The monoisotopic (exact) mass is 398 g/mol. The second-order valence-electron chi connectivity index (χ2n) is 6.06. The third kappa shape index (κ3) is 4.82. The standard InChI is InChI=1S/C21H17F3N4O/c1-2-28(17-10-8-15(12-25)9-11-17)19-18(21(22,23)24)13-26-20(27-19)29-14-16-6-4-3-5-7-16/h3-11,13H,2,14H2,1H3. The van der Waals surface area contributed by atoms with Gasteiger partial charge in [0.05, 0.1) is 11.6 Å². The molecule has 0 N–H and O–H groups in total. The quantitative estimate of drug-likeness (QED) is 0.578. The molecular weight excluding hydrogens is 381 g/mol. The summed E-state index contributed by atoms with van der Waals surface area (Å²) in [6, 6.07) is 17.3. The van der Waals surface area contributed by atoms with Gasteiger partial charge in [-0.1, -0.05) is 30.3 Å². The van der Waals surface area contributed by atoms with E-state index in [9.17, 15) is 13.2 Å². The number of anilines is 2. The molecule has 0 fully saturated rings. The maximum atomic E-state index is 13.6. The van der Waals surface area contributed by atoms with E-state index in [2.05, 4.69) is 9.97 Å². The molecule has 0 saturated carbocycles. The summed E-state index contributed by atoms with van der Waals surface area (Å²) < 4.78 is 46.2. The predicted octanol–water partition coefficient (Wildman–Crippen LogP) is 5.10. The molecule has 3 rings (SSSR count). The molecule has 2 aromatic carbocycles. The number of aromatic nitrogens is 2. The molecule has 1 heterocycles. The molecule has 0 aliphatic carbocycles. The first-order valence-corrected chi connectivity index (χ1v) is 8.81. The van der Waals surface area contributed by atoms with Crippen LogP contribution in [-0.2, 0) is 12.8 Å². The predicted molar refractivity (Wildman–Crippen MR) is 102 cm³/mol. The highest BCUT2D eigenvalue weighted by atomic mass is 19.4. The van der Waals surface area contributed by atoms with Gasteiger partial charge in [0.25, 0.3) is 0 Å². The topological polar surface area (TPSA) is 62.0 Å². The molecule has 0 atom stereocenters. The van der Waals surface area contributed by atoms with E-state index in [-0.39, 0.29) is 25.0 Å². The van der Waals surface area contributed by atoms with Crippen LogP contribution in [0.1, 0.15) is 23.6 Å². The summed E-state index contributed by atoms with van der Waals surface area (Å²) in [5, 5.41) is 8.93. The van der Waals surface area contributed by atoms with E-state index < -0.39 is 11.7 Å². The van der Waals surface area contributed by atoms with Gasteiger partial charge in [0.1, 0.15) is 12.2 Å². The summed E-state index contributed by atoms with van der Waals surface area (Å²) in [6.07, 6.45) is -3.90. The van der Waals surface area contributed by atoms with Crippen LogP contribution in [0.15, 0.2) is 60.8 Å². The highest BCUT2D eigenvalue weighted by Crippen LogP contribution is 2.38. The molecule has 8 heteroatoms. The molecule has 1 aromatic heterocycles. The number of nitriles is 1. The van der Waals surface area contributed by atoms with E-state index in [0.29, 0.717) is 11.3 Å². The van der Waals surface area contributed by atoms with Gasteiger partial charge in [0.2, 0.25) is 0 Å². The Balaban J connectivity index is 1.97. The van der Waals surface area contributed by atoms with Crippen LogP contribution in [0.4, 0.5) is 24.7 Å². The maximum absolute atomic E-state index is 13.6. The third-order valence-corrected chi connectivity index (χ3v) is 4.14. The molecule has 0 saturated heterocycles. The Bertz CT molecular complexity index is 999. The Labute approximate surface area is 166 Å². The highest BCUT2D eigenvalue weighted by Gasteiger charge is 2.37. The minimum atomic E-state index is -4.63. The first-order valence-electron chi connectivity index (χ1n) is 8.81. The first kappa shape index (κ1) is 20.1. The second kappa shape index (κ2) is 8.61. The zero-order valence-electron chi connectivity index (χ0n) is 15.5. The fraction of sp³-hybridized carbons (Fsp3) is 0.190. The van der Waals surface area contributed by atoms with Gasteiger partial charge in [-0.25, -0.2) is 4.98 Å². The lowest BCUT2D eigenvalue weighted by molar-refractivity contribution is -0.137. The number of halogens is 3. The normalized spacial score (nSPS) is 11.0. The zero-order valence-corrected chi connectivity index (χ0v) is 15.5. The number of nitrogens with zero attached hydrogens (tertiary/aromatic N) is 4. The summed E-state index contributed by atoms with van der Waals surface area (Å²) in [6.45, 7) is 2.07. The van der Waals surface area contributed by atoms with Gasteiger partial charge in [-0.15, -0.1) is 0 Å². The molecule has 0 spiro atoms. The van der Waals surface area contributed by atoms with Crippen molar-refractivity contribution < 1.29 is 17.9 Å². The van der Waals surface area contributed by atoms with Gasteiger partial charge in [-0.3, -0.25) is 0 Å². The molecule has 3 aromatic rings. The van der Waals surface area contributed by atoms with E-state index in [1.54, 1.807) is 31.2 Å². The van der Waals surface area contributed by atoms with Crippen molar-refractivity contribution in [2.75, 3.05) is 11.4 Å². The molecule has 148 valence electrons. The minimum Gasteiger partial charge on any atom is -0.459 e. The van der Waals surface area contributed by atoms with Crippen molar-refractivity contribution in [3.8, 4) is 12.1 Å². The second-order valence-corrected chi connectivity index (χ2v) is 6.06. The van der Waals surface area contributed by atoms with Gasteiger partial charge in [0, 0.05) is 18.4 Å². The molecule has 0 radical (unpaired) electrons. The smallest absolute Gasteiger partial charge is 0.421 e. The Morgan fingerprint density at radius 2 is 1.76 bits per heavy atom. The average Bonchev–Trinajstić information content (AvgIpc) is 2.73. The summed E-state index contributed by atoms with van der Waals surface area (Å²) in [7, 11) is 0. The van der Waals surface area contributed by atoms with Crippen molar-refractivity contribution >= 4 is 11.5 Å². The fourth-order valence-corrected chi connectivity index (χ4v) is 2.73. The number of hydrogen-bond donors (Lipinski definition) is 0. The molecule has 0 aliphatic rings. The SMILES string of the molecule is CCN(c1ccc(C#N)cc1)c1nc(OCc2ccccc2)ncc1C(F)(F)F. The van der Waals surface area contributed by atoms with Crippen LogP contribution in [-0.4, -0.2) is 16.5 Å². The highest BCUT2D eigenvalue weighted by molar-refractivity contribution is 5.64. The molecule has 0 unspecified atom stereocenters. The number of rotatable bonds is 6. The van der Waals surface area contributed by atoms with Gasteiger partial charge < -0.3 is 9.64 Å². The lowest BCUT2D eigenvalue weighted by Crippen LogP contribution is -2.23. The van der Waals surface area contributed by atoms with E-state index in [1.165, 1.54) is 4.90 Å². The summed E-state index contributed by atoms with van der Waals surface area (Å²) in [5.74, 6) is -0.303. The van der Waals surface area contributed by atoms with Crippen molar-refractivity contribution in [1.82, 2.24) is 9.97 Å². The first-order chi connectivity index (χ1) is 13.9. The van der Waals surface area contributed by atoms with E-state index in [4.69, 9.17) is 10.00 Å². The zero-order chi connectivity index (χ0) is 20.9. The van der Waals surface area contributed by atoms with E-state index in [1.807, 2.05) is 36.4 Å². The van der Waals surface area contributed by atoms with Gasteiger partial charge in [-0.2, -0.15) is 23.4 Å². The van der Waals surface area contributed by atoms with Crippen LogP contribution in [0.3, 0.4) is 0 Å². The Kier molecular flexibility index (Phi) is 5.98.